The Labute approximate surface area is 115 Å². The van der Waals surface area contributed by atoms with E-state index in [-0.39, 0.29) is 22.5 Å². The van der Waals surface area contributed by atoms with Crippen molar-refractivity contribution in [1.82, 2.24) is 15.2 Å². The SMILES string of the molecule is Nc1n[nH]c(C(=O)Nc2cc(Cl)cc(C(F)(F)F)c2)n1. The number of benzene rings is 1. The molecule has 0 unspecified atom stereocenters. The van der Waals surface area contributed by atoms with E-state index < -0.39 is 17.6 Å². The van der Waals surface area contributed by atoms with Crippen LogP contribution in [0.25, 0.3) is 0 Å². The monoisotopic (exact) mass is 305 g/mol. The number of rotatable bonds is 2. The summed E-state index contributed by atoms with van der Waals surface area (Å²) in [6.45, 7) is 0. The third kappa shape index (κ3) is 3.18. The number of halogens is 4. The number of amides is 1. The van der Waals surface area contributed by atoms with Crippen LogP contribution in [0.5, 0.6) is 0 Å². The van der Waals surface area contributed by atoms with Crippen molar-refractivity contribution < 1.29 is 18.0 Å². The van der Waals surface area contributed by atoms with Gasteiger partial charge in [-0.2, -0.15) is 18.2 Å². The van der Waals surface area contributed by atoms with Gasteiger partial charge in [-0.1, -0.05) is 11.6 Å². The summed E-state index contributed by atoms with van der Waals surface area (Å²) >= 11 is 5.58. The number of aromatic amines is 1. The van der Waals surface area contributed by atoms with Gasteiger partial charge < -0.3 is 11.1 Å². The number of alkyl halides is 3. The summed E-state index contributed by atoms with van der Waals surface area (Å²) in [5.74, 6) is -1.17. The Morgan fingerprint density at radius 2 is 2.05 bits per heavy atom. The number of nitrogens with one attached hydrogen (secondary N) is 2. The molecule has 0 aliphatic carbocycles. The number of nitrogen functional groups attached to an aromatic ring is 1. The number of hydrogen-bond acceptors (Lipinski definition) is 4. The van der Waals surface area contributed by atoms with Crippen molar-refractivity contribution in [3.63, 3.8) is 0 Å². The molecule has 0 spiro atoms. The van der Waals surface area contributed by atoms with Crippen LogP contribution >= 0.6 is 11.6 Å². The molecule has 0 saturated heterocycles. The molecule has 1 heterocycles. The summed E-state index contributed by atoms with van der Waals surface area (Å²) in [5, 5.41) is 7.71. The highest BCUT2D eigenvalue weighted by atomic mass is 35.5. The van der Waals surface area contributed by atoms with E-state index >= 15 is 0 Å². The number of carbonyl (C=O) groups is 1. The number of hydrogen-bond donors (Lipinski definition) is 3. The number of nitrogens with zero attached hydrogens (tertiary/aromatic N) is 2. The Balaban J connectivity index is 2.25. The number of carbonyl (C=O) groups excluding carboxylic acids is 1. The molecular formula is C10H7ClF3N5O. The van der Waals surface area contributed by atoms with Crippen LogP contribution < -0.4 is 11.1 Å². The van der Waals surface area contributed by atoms with E-state index in [0.717, 1.165) is 12.1 Å². The number of anilines is 2. The van der Waals surface area contributed by atoms with Crippen LogP contribution in [0.2, 0.25) is 5.02 Å². The van der Waals surface area contributed by atoms with Crippen LogP contribution in [0.1, 0.15) is 16.2 Å². The molecule has 0 saturated carbocycles. The van der Waals surface area contributed by atoms with E-state index in [1.165, 1.54) is 6.07 Å². The van der Waals surface area contributed by atoms with Gasteiger partial charge in [0.05, 0.1) is 5.56 Å². The molecule has 0 aliphatic rings. The van der Waals surface area contributed by atoms with Gasteiger partial charge in [0.25, 0.3) is 5.91 Å². The zero-order chi connectivity index (χ0) is 14.9. The van der Waals surface area contributed by atoms with E-state index in [4.69, 9.17) is 17.3 Å². The minimum Gasteiger partial charge on any atom is -0.366 e. The maximum Gasteiger partial charge on any atom is 0.416 e. The van der Waals surface area contributed by atoms with Gasteiger partial charge in [-0.05, 0) is 18.2 Å². The molecule has 1 aromatic carbocycles. The molecule has 1 amide bonds. The molecule has 0 bridgehead atoms. The molecule has 0 fully saturated rings. The molecule has 106 valence electrons. The van der Waals surface area contributed by atoms with Crippen molar-refractivity contribution in [2.24, 2.45) is 0 Å². The van der Waals surface area contributed by atoms with Crippen molar-refractivity contribution >= 4 is 29.1 Å². The summed E-state index contributed by atoms with van der Waals surface area (Å²) in [7, 11) is 0. The smallest absolute Gasteiger partial charge is 0.366 e. The van der Waals surface area contributed by atoms with Crippen molar-refractivity contribution in [1.29, 1.82) is 0 Å². The van der Waals surface area contributed by atoms with E-state index in [1.807, 2.05) is 0 Å². The molecule has 0 aliphatic heterocycles. The standard InChI is InChI=1S/C10H7ClF3N5O/c11-5-1-4(10(12,13)14)2-6(3-5)16-8(20)7-17-9(15)19-18-7/h1-3H,(H,16,20)(H3,15,17,18,19). The first-order chi connectivity index (χ1) is 9.25. The van der Waals surface area contributed by atoms with Gasteiger partial charge >= 0.3 is 6.18 Å². The van der Waals surface area contributed by atoms with Crippen LogP contribution in [-0.4, -0.2) is 21.1 Å². The normalized spacial score (nSPS) is 11.4. The molecular weight excluding hydrogens is 299 g/mol. The lowest BCUT2D eigenvalue weighted by atomic mass is 10.2. The second-order valence-electron chi connectivity index (χ2n) is 3.72. The minimum atomic E-state index is -4.57. The van der Waals surface area contributed by atoms with Gasteiger partial charge in [0, 0.05) is 10.7 Å². The molecule has 10 heteroatoms. The lowest BCUT2D eigenvalue weighted by Gasteiger charge is -2.10. The largest absolute Gasteiger partial charge is 0.416 e. The highest BCUT2D eigenvalue weighted by Gasteiger charge is 2.31. The topological polar surface area (TPSA) is 96.7 Å². The molecule has 6 nitrogen and oxygen atoms in total. The summed E-state index contributed by atoms with van der Waals surface area (Å²) in [4.78, 5) is 15.2. The second kappa shape index (κ2) is 5.00. The molecule has 2 aromatic rings. The predicted molar refractivity (Wildman–Crippen MR) is 65.2 cm³/mol. The first-order valence-electron chi connectivity index (χ1n) is 5.13. The van der Waals surface area contributed by atoms with Gasteiger partial charge in [-0.3, -0.25) is 9.89 Å². The van der Waals surface area contributed by atoms with Gasteiger partial charge in [0.1, 0.15) is 0 Å². The molecule has 20 heavy (non-hydrogen) atoms. The van der Waals surface area contributed by atoms with Gasteiger partial charge in [-0.15, -0.1) is 5.10 Å². The quantitative estimate of drug-likeness (QED) is 0.793. The predicted octanol–water partition coefficient (Wildman–Crippen LogP) is 2.31. The van der Waals surface area contributed by atoms with Crippen molar-refractivity contribution in [3.05, 3.63) is 34.6 Å². The lowest BCUT2D eigenvalue weighted by Crippen LogP contribution is -2.15. The van der Waals surface area contributed by atoms with E-state index in [9.17, 15) is 18.0 Å². The molecule has 0 radical (unpaired) electrons. The maximum atomic E-state index is 12.6. The van der Waals surface area contributed by atoms with E-state index in [1.54, 1.807) is 0 Å². The average Bonchev–Trinajstić information content (AvgIpc) is 2.74. The fraction of sp³-hybridized carbons (Fsp3) is 0.100. The van der Waals surface area contributed by atoms with Gasteiger partial charge in [0.2, 0.25) is 11.8 Å². The van der Waals surface area contributed by atoms with Crippen LogP contribution in [-0.2, 0) is 6.18 Å². The minimum absolute atomic E-state index is 0.121. The van der Waals surface area contributed by atoms with Crippen LogP contribution in [0, 0.1) is 0 Å². The Kier molecular flexibility index (Phi) is 3.53. The highest BCUT2D eigenvalue weighted by molar-refractivity contribution is 6.31. The van der Waals surface area contributed by atoms with Crippen molar-refractivity contribution in [2.45, 2.75) is 6.18 Å². The van der Waals surface area contributed by atoms with Crippen molar-refractivity contribution in [3.8, 4) is 0 Å². The van der Waals surface area contributed by atoms with Crippen LogP contribution in [0.15, 0.2) is 18.2 Å². The third-order valence-corrected chi connectivity index (χ3v) is 2.42. The highest BCUT2D eigenvalue weighted by Crippen LogP contribution is 2.33. The van der Waals surface area contributed by atoms with Gasteiger partial charge in [0.15, 0.2) is 0 Å². The van der Waals surface area contributed by atoms with E-state index in [2.05, 4.69) is 20.5 Å². The fourth-order valence-electron chi connectivity index (χ4n) is 1.39. The Morgan fingerprint density at radius 3 is 2.60 bits per heavy atom. The summed E-state index contributed by atoms with van der Waals surface area (Å²) in [6, 6.07) is 2.68. The zero-order valence-electron chi connectivity index (χ0n) is 9.62. The average molecular weight is 306 g/mol. The Bertz CT molecular complexity index is 655. The first-order valence-corrected chi connectivity index (χ1v) is 5.50. The summed E-state index contributed by atoms with van der Waals surface area (Å²) < 4.78 is 37.8. The third-order valence-electron chi connectivity index (χ3n) is 2.20. The van der Waals surface area contributed by atoms with Gasteiger partial charge in [-0.25, -0.2) is 0 Å². The number of aromatic nitrogens is 3. The fourth-order valence-corrected chi connectivity index (χ4v) is 1.63. The van der Waals surface area contributed by atoms with Crippen LogP contribution in [0.3, 0.4) is 0 Å². The zero-order valence-corrected chi connectivity index (χ0v) is 10.4. The Morgan fingerprint density at radius 1 is 1.35 bits per heavy atom. The number of nitrogens with two attached hydrogens (primary N) is 1. The summed E-state index contributed by atoms with van der Waals surface area (Å²) in [5.41, 5.74) is 4.12. The summed E-state index contributed by atoms with van der Waals surface area (Å²) in [6.07, 6.45) is -4.57. The maximum absolute atomic E-state index is 12.6. The second-order valence-corrected chi connectivity index (χ2v) is 4.16. The molecule has 0 atom stereocenters. The van der Waals surface area contributed by atoms with Crippen molar-refractivity contribution in [2.75, 3.05) is 11.1 Å². The number of H-pyrrole nitrogens is 1. The first kappa shape index (κ1) is 14.1. The molecule has 2 rings (SSSR count). The van der Waals surface area contributed by atoms with Crippen LogP contribution in [0.4, 0.5) is 24.8 Å². The lowest BCUT2D eigenvalue weighted by molar-refractivity contribution is -0.137. The molecule has 4 N–H and O–H groups in total. The molecule has 1 aromatic heterocycles. The van der Waals surface area contributed by atoms with E-state index in [0.29, 0.717) is 0 Å². The Hall–Kier alpha value is -2.29.